The van der Waals surface area contributed by atoms with Gasteiger partial charge in [-0.25, -0.2) is 4.79 Å². The van der Waals surface area contributed by atoms with Crippen LogP contribution in [-0.4, -0.2) is 12.6 Å². The van der Waals surface area contributed by atoms with Gasteiger partial charge in [0.1, 0.15) is 17.1 Å². The van der Waals surface area contributed by atoms with Crippen LogP contribution in [0, 0.1) is 6.92 Å². The van der Waals surface area contributed by atoms with E-state index in [0.717, 1.165) is 21.2 Å². The SMILES string of the molecule is Cc1cc(=O)oc2cc(OC(=O)CCCOc3ccc(C(C)C)cc3Br)ccc12. The van der Waals surface area contributed by atoms with Gasteiger partial charge in [0.05, 0.1) is 11.1 Å². The Morgan fingerprint density at radius 1 is 1.14 bits per heavy atom. The fourth-order valence-corrected chi connectivity index (χ4v) is 3.45. The molecule has 3 aromatic rings. The Hall–Kier alpha value is -2.60. The second-order valence-corrected chi connectivity index (χ2v) is 8.03. The summed E-state index contributed by atoms with van der Waals surface area (Å²) < 4.78 is 17.2. The third kappa shape index (κ3) is 5.48. The van der Waals surface area contributed by atoms with Gasteiger partial charge in [0.15, 0.2) is 0 Å². The molecule has 2 aromatic carbocycles. The molecule has 0 spiro atoms. The Morgan fingerprint density at radius 3 is 2.66 bits per heavy atom. The van der Waals surface area contributed by atoms with Crippen LogP contribution in [0.2, 0.25) is 0 Å². The number of carbonyl (C=O) groups excluding carboxylic acids is 1. The number of hydrogen-bond acceptors (Lipinski definition) is 5. The number of halogens is 1. The number of hydrogen-bond donors (Lipinski definition) is 0. The molecule has 6 heteroatoms. The Balaban J connectivity index is 1.51. The minimum Gasteiger partial charge on any atom is -0.492 e. The van der Waals surface area contributed by atoms with Crippen LogP contribution in [0.25, 0.3) is 11.0 Å². The Kier molecular flexibility index (Phi) is 6.75. The number of rotatable bonds is 7. The van der Waals surface area contributed by atoms with Crippen molar-refractivity contribution in [2.75, 3.05) is 6.61 Å². The first-order valence-electron chi connectivity index (χ1n) is 9.51. The molecule has 0 radical (unpaired) electrons. The standard InChI is InChI=1S/C23H23BrO5/c1-14(2)16-6-9-20(19(24)12-16)27-10-4-5-22(25)28-17-7-8-18-15(3)11-23(26)29-21(18)13-17/h6-9,11-14H,4-5,10H2,1-3H3. The van der Waals surface area contributed by atoms with Crippen LogP contribution in [0.15, 0.2) is 56.1 Å². The van der Waals surface area contributed by atoms with Crippen molar-refractivity contribution in [1.29, 1.82) is 0 Å². The van der Waals surface area contributed by atoms with E-state index in [1.54, 1.807) is 18.2 Å². The number of benzene rings is 2. The van der Waals surface area contributed by atoms with Gasteiger partial charge in [-0.3, -0.25) is 4.79 Å². The number of esters is 1. The molecule has 5 nitrogen and oxygen atoms in total. The first-order valence-corrected chi connectivity index (χ1v) is 10.3. The van der Waals surface area contributed by atoms with Crippen LogP contribution in [0.3, 0.4) is 0 Å². The zero-order chi connectivity index (χ0) is 21.0. The molecule has 0 fully saturated rings. The van der Waals surface area contributed by atoms with Gasteiger partial charge in [0.2, 0.25) is 0 Å². The Morgan fingerprint density at radius 2 is 1.93 bits per heavy atom. The first-order chi connectivity index (χ1) is 13.8. The van der Waals surface area contributed by atoms with E-state index in [-0.39, 0.29) is 12.4 Å². The lowest BCUT2D eigenvalue weighted by Crippen LogP contribution is -2.10. The Labute approximate surface area is 177 Å². The summed E-state index contributed by atoms with van der Waals surface area (Å²) in [6.45, 7) is 6.51. The molecule has 0 saturated carbocycles. The van der Waals surface area contributed by atoms with E-state index in [2.05, 4.69) is 29.8 Å². The molecule has 1 heterocycles. The molecule has 29 heavy (non-hydrogen) atoms. The summed E-state index contributed by atoms with van der Waals surface area (Å²) in [5.41, 5.74) is 2.02. The third-order valence-corrected chi connectivity index (χ3v) is 5.18. The fourth-order valence-electron chi connectivity index (χ4n) is 2.94. The largest absolute Gasteiger partial charge is 0.492 e. The number of fused-ring (bicyclic) bond motifs is 1. The number of ether oxygens (including phenoxy) is 2. The molecule has 0 amide bonds. The van der Waals surface area contributed by atoms with Gasteiger partial charge in [0, 0.05) is 23.9 Å². The first kappa shape index (κ1) is 21.1. The highest BCUT2D eigenvalue weighted by atomic mass is 79.9. The molecule has 0 aliphatic carbocycles. The molecule has 0 unspecified atom stereocenters. The van der Waals surface area contributed by atoms with Crippen LogP contribution in [0.5, 0.6) is 11.5 Å². The molecule has 0 N–H and O–H groups in total. The van der Waals surface area contributed by atoms with E-state index in [9.17, 15) is 9.59 Å². The van der Waals surface area contributed by atoms with Crippen LogP contribution in [0.1, 0.15) is 43.7 Å². The molecule has 1 aromatic heterocycles. The molecule has 0 atom stereocenters. The smallest absolute Gasteiger partial charge is 0.336 e. The maximum Gasteiger partial charge on any atom is 0.336 e. The van der Waals surface area contributed by atoms with Gasteiger partial charge < -0.3 is 13.9 Å². The van der Waals surface area contributed by atoms with Crippen molar-refractivity contribution < 1.29 is 18.7 Å². The third-order valence-electron chi connectivity index (χ3n) is 4.56. The summed E-state index contributed by atoms with van der Waals surface area (Å²) in [6.07, 6.45) is 0.747. The molecule has 0 saturated heterocycles. The zero-order valence-corrected chi connectivity index (χ0v) is 18.2. The summed E-state index contributed by atoms with van der Waals surface area (Å²) in [4.78, 5) is 23.6. The summed E-state index contributed by atoms with van der Waals surface area (Å²) in [5.74, 6) is 1.19. The molecule has 0 aliphatic rings. The fraction of sp³-hybridized carbons (Fsp3) is 0.304. The average Bonchev–Trinajstić information content (AvgIpc) is 2.65. The molecule has 0 aliphatic heterocycles. The van der Waals surface area contributed by atoms with Crippen molar-refractivity contribution >= 4 is 32.9 Å². The van der Waals surface area contributed by atoms with E-state index in [0.29, 0.717) is 30.3 Å². The second kappa shape index (κ2) is 9.27. The maximum atomic E-state index is 12.1. The van der Waals surface area contributed by atoms with Gasteiger partial charge in [-0.15, -0.1) is 0 Å². The van der Waals surface area contributed by atoms with Crippen molar-refractivity contribution in [3.63, 3.8) is 0 Å². The van der Waals surface area contributed by atoms with E-state index < -0.39 is 5.63 Å². The summed E-state index contributed by atoms with van der Waals surface area (Å²) >= 11 is 3.52. The molecular weight excluding hydrogens is 436 g/mol. The van der Waals surface area contributed by atoms with Gasteiger partial charge in [-0.2, -0.15) is 0 Å². The van der Waals surface area contributed by atoms with Crippen LogP contribution >= 0.6 is 15.9 Å². The highest BCUT2D eigenvalue weighted by molar-refractivity contribution is 9.10. The van der Waals surface area contributed by atoms with Gasteiger partial charge in [0.25, 0.3) is 0 Å². The lowest BCUT2D eigenvalue weighted by Gasteiger charge is -2.11. The summed E-state index contributed by atoms with van der Waals surface area (Å²) in [5, 5.41) is 0.812. The predicted molar refractivity (Wildman–Crippen MR) is 116 cm³/mol. The molecule has 152 valence electrons. The van der Waals surface area contributed by atoms with Gasteiger partial charge in [-0.1, -0.05) is 19.9 Å². The Bertz CT molecular complexity index is 1080. The quantitative estimate of drug-likeness (QED) is 0.195. The normalized spacial score (nSPS) is 11.1. The average molecular weight is 459 g/mol. The van der Waals surface area contributed by atoms with E-state index in [1.807, 2.05) is 25.1 Å². The highest BCUT2D eigenvalue weighted by Crippen LogP contribution is 2.29. The van der Waals surface area contributed by atoms with Gasteiger partial charge >= 0.3 is 11.6 Å². The monoisotopic (exact) mass is 458 g/mol. The van der Waals surface area contributed by atoms with Crippen molar-refractivity contribution in [2.24, 2.45) is 0 Å². The maximum absolute atomic E-state index is 12.1. The summed E-state index contributed by atoms with van der Waals surface area (Å²) in [7, 11) is 0. The van der Waals surface area contributed by atoms with Crippen molar-refractivity contribution in [3.05, 3.63) is 68.5 Å². The lowest BCUT2D eigenvalue weighted by molar-refractivity contribution is -0.134. The highest BCUT2D eigenvalue weighted by Gasteiger charge is 2.10. The van der Waals surface area contributed by atoms with Crippen LogP contribution in [-0.2, 0) is 4.79 Å². The zero-order valence-electron chi connectivity index (χ0n) is 16.7. The minimum absolute atomic E-state index is 0.220. The van der Waals surface area contributed by atoms with Crippen LogP contribution < -0.4 is 15.1 Å². The topological polar surface area (TPSA) is 65.7 Å². The predicted octanol–water partition coefficient (Wildman–Crippen LogP) is 5.75. The van der Waals surface area contributed by atoms with Crippen LogP contribution in [0.4, 0.5) is 0 Å². The van der Waals surface area contributed by atoms with Crippen molar-refractivity contribution in [1.82, 2.24) is 0 Å². The van der Waals surface area contributed by atoms with E-state index >= 15 is 0 Å². The van der Waals surface area contributed by atoms with E-state index in [1.165, 1.54) is 11.6 Å². The van der Waals surface area contributed by atoms with Crippen molar-refractivity contribution in [2.45, 2.75) is 39.5 Å². The molecule has 3 rings (SSSR count). The van der Waals surface area contributed by atoms with Crippen molar-refractivity contribution in [3.8, 4) is 11.5 Å². The van der Waals surface area contributed by atoms with E-state index in [4.69, 9.17) is 13.9 Å². The van der Waals surface area contributed by atoms with Gasteiger partial charge in [-0.05, 0) is 70.6 Å². The lowest BCUT2D eigenvalue weighted by atomic mass is 10.0. The molecular formula is C23H23BrO5. The number of carbonyl (C=O) groups is 1. The number of aryl methyl sites for hydroxylation is 1. The summed E-state index contributed by atoms with van der Waals surface area (Å²) in [6, 6.07) is 12.5. The minimum atomic E-state index is -0.428. The molecule has 0 bridgehead atoms. The second-order valence-electron chi connectivity index (χ2n) is 7.18.